The van der Waals surface area contributed by atoms with Gasteiger partial charge >= 0.3 is 0 Å². The number of aromatic nitrogens is 1. The van der Waals surface area contributed by atoms with Crippen molar-refractivity contribution in [2.45, 2.75) is 31.8 Å². The Morgan fingerprint density at radius 2 is 2.38 bits per heavy atom. The van der Waals surface area contributed by atoms with E-state index in [9.17, 15) is 0 Å². The minimum Gasteiger partial charge on any atom is -0.308 e. The van der Waals surface area contributed by atoms with Crippen LogP contribution in [0.5, 0.6) is 0 Å². The molecule has 0 radical (unpaired) electrons. The summed E-state index contributed by atoms with van der Waals surface area (Å²) in [6.07, 6.45) is 5.86. The zero-order valence-electron chi connectivity index (χ0n) is 7.46. The highest BCUT2D eigenvalue weighted by Crippen LogP contribution is 2.19. The van der Waals surface area contributed by atoms with Gasteiger partial charge in [-0.15, -0.1) is 0 Å². The number of hydrogen-bond acceptors (Lipinski definition) is 2. The maximum atomic E-state index is 4.30. The molecule has 1 fully saturated rings. The Labute approximate surface area is 86.9 Å². The van der Waals surface area contributed by atoms with Crippen LogP contribution in [0.15, 0.2) is 22.8 Å². The number of rotatable bonds is 3. The maximum Gasteiger partial charge on any atom is 0.0683 e. The van der Waals surface area contributed by atoms with Crippen molar-refractivity contribution in [3.05, 3.63) is 28.5 Å². The van der Waals surface area contributed by atoms with E-state index < -0.39 is 0 Å². The van der Waals surface area contributed by atoms with Crippen LogP contribution >= 0.6 is 15.9 Å². The standard InChI is InChI=1S/C10H13BrN2/c11-9-5-2-6-12-10(9)7-13-8-3-1-4-8/h2,5-6,8,13H,1,3-4,7H2. The lowest BCUT2D eigenvalue weighted by atomic mass is 9.93. The molecule has 2 rings (SSSR count). The molecule has 1 aliphatic rings. The van der Waals surface area contributed by atoms with Gasteiger partial charge in [0, 0.05) is 23.3 Å². The van der Waals surface area contributed by atoms with Crippen molar-refractivity contribution in [2.24, 2.45) is 0 Å². The van der Waals surface area contributed by atoms with E-state index in [0.29, 0.717) is 0 Å². The Morgan fingerprint density at radius 3 is 3.00 bits per heavy atom. The van der Waals surface area contributed by atoms with Crippen LogP contribution in [-0.4, -0.2) is 11.0 Å². The number of nitrogens with zero attached hydrogens (tertiary/aromatic N) is 1. The van der Waals surface area contributed by atoms with Crippen LogP contribution in [0.1, 0.15) is 25.0 Å². The Morgan fingerprint density at radius 1 is 1.54 bits per heavy atom. The molecule has 1 heterocycles. The van der Waals surface area contributed by atoms with Gasteiger partial charge in [-0.3, -0.25) is 4.98 Å². The van der Waals surface area contributed by atoms with E-state index >= 15 is 0 Å². The average molecular weight is 241 g/mol. The van der Waals surface area contributed by atoms with E-state index in [-0.39, 0.29) is 0 Å². The number of hydrogen-bond donors (Lipinski definition) is 1. The van der Waals surface area contributed by atoms with Crippen LogP contribution < -0.4 is 5.32 Å². The monoisotopic (exact) mass is 240 g/mol. The summed E-state index contributed by atoms with van der Waals surface area (Å²) in [6, 6.07) is 4.70. The zero-order valence-corrected chi connectivity index (χ0v) is 9.05. The number of pyridine rings is 1. The largest absolute Gasteiger partial charge is 0.308 e. The summed E-state index contributed by atoms with van der Waals surface area (Å²) in [5, 5.41) is 3.48. The van der Waals surface area contributed by atoms with E-state index in [2.05, 4.69) is 26.2 Å². The maximum absolute atomic E-state index is 4.30. The summed E-state index contributed by atoms with van der Waals surface area (Å²) in [4.78, 5) is 4.30. The molecule has 1 aromatic rings. The topological polar surface area (TPSA) is 24.9 Å². The van der Waals surface area contributed by atoms with Gasteiger partial charge in [0.15, 0.2) is 0 Å². The minimum absolute atomic E-state index is 0.730. The first-order chi connectivity index (χ1) is 6.36. The number of nitrogens with one attached hydrogen (secondary N) is 1. The molecule has 3 heteroatoms. The number of halogens is 1. The molecule has 1 aliphatic carbocycles. The van der Waals surface area contributed by atoms with Crippen molar-refractivity contribution in [2.75, 3.05) is 0 Å². The molecular weight excluding hydrogens is 228 g/mol. The lowest BCUT2D eigenvalue weighted by Crippen LogP contribution is -2.34. The van der Waals surface area contributed by atoms with Crippen LogP contribution in [0.2, 0.25) is 0 Å². The van der Waals surface area contributed by atoms with Gasteiger partial charge in [0.25, 0.3) is 0 Å². The van der Waals surface area contributed by atoms with Gasteiger partial charge in [-0.1, -0.05) is 6.42 Å². The van der Waals surface area contributed by atoms with Gasteiger partial charge in [-0.2, -0.15) is 0 Å². The molecule has 0 unspecified atom stereocenters. The Balaban J connectivity index is 1.89. The van der Waals surface area contributed by atoms with E-state index in [0.717, 1.165) is 22.8 Å². The van der Waals surface area contributed by atoms with Crippen molar-refractivity contribution in [1.82, 2.24) is 10.3 Å². The SMILES string of the molecule is Brc1cccnc1CNC1CCC1. The predicted molar refractivity (Wildman–Crippen MR) is 56.4 cm³/mol. The molecule has 70 valence electrons. The molecule has 0 atom stereocenters. The third-order valence-electron chi connectivity index (χ3n) is 2.50. The first kappa shape index (κ1) is 9.16. The lowest BCUT2D eigenvalue weighted by molar-refractivity contribution is 0.336. The normalized spacial score (nSPS) is 17.0. The molecule has 1 aromatic heterocycles. The molecule has 2 nitrogen and oxygen atoms in total. The molecule has 0 aliphatic heterocycles. The Hall–Kier alpha value is -0.410. The van der Waals surface area contributed by atoms with Crippen LogP contribution in [0.3, 0.4) is 0 Å². The summed E-state index contributed by atoms with van der Waals surface area (Å²) in [5.74, 6) is 0. The fourth-order valence-corrected chi connectivity index (χ4v) is 1.80. The molecule has 0 spiro atoms. The highest BCUT2D eigenvalue weighted by molar-refractivity contribution is 9.10. The summed E-state index contributed by atoms with van der Waals surface area (Å²) in [7, 11) is 0. The van der Waals surface area contributed by atoms with Gasteiger partial charge in [-0.25, -0.2) is 0 Å². The van der Waals surface area contributed by atoms with E-state index in [4.69, 9.17) is 0 Å². The van der Waals surface area contributed by atoms with E-state index in [1.165, 1.54) is 19.3 Å². The molecule has 0 saturated heterocycles. The molecule has 0 bridgehead atoms. The van der Waals surface area contributed by atoms with Gasteiger partial charge in [0.2, 0.25) is 0 Å². The highest BCUT2D eigenvalue weighted by atomic mass is 79.9. The van der Waals surface area contributed by atoms with E-state index in [1.807, 2.05) is 18.3 Å². The summed E-state index contributed by atoms with van der Waals surface area (Å²) in [5.41, 5.74) is 1.11. The molecule has 13 heavy (non-hydrogen) atoms. The smallest absolute Gasteiger partial charge is 0.0683 e. The Kier molecular flexibility index (Phi) is 2.96. The molecule has 1 saturated carbocycles. The molecular formula is C10H13BrN2. The fourth-order valence-electron chi connectivity index (χ4n) is 1.40. The van der Waals surface area contributed by atoms with Gasteiger partial charge in [-0.05, 0) is 40.9 Å². The second-order valence-corrected chi connectivity index (χ2v) is 4.29. The van der Waals surface area contributed by atoms with Crippen molar-refractivity contribution in [3.8, 4) is 0 Å². The highest BCUT2D eigenvalue weighted by Gasteiger charge is 2.16. The fraction of sp³-hybridized carbons (Fsp3) is 0.500. The molecule has 0 amide bonds. The summed E-state index contributed by atoms with van der Waals surface area (Å²) >= 11 is 3.48. The van der Waals surface area contributed by atoms with Crippen LogP contribution in [-0.2, 0) is 6.54 Å². The van der Waals surface area contributed by atoms with Crippen molar-refractivity contribution < 1.29 is 0 Å². The van der Waals surface area contributed by atoms with Gasteiger partial charge in [0.05, 0.1) is 5.69 Å². The van der Waals surface area contributed by atoms with Crippen LogP contribution in [0.4, 0.5) is 0 Å². The van der Waals surface area contributed by atoms with Gasteiger partial charge < -0.3 is 5.32 Å². The lowest BCUT2D eigenvalue weighted by Gasteiger charge is -2.26. The predicted octanol–water partition coefficient (Wildman–Crippen LogP) is 2.49. The van der Waals surface area contributed by atoms with Crippen molar-refractivity contribution in [3.63, 3.8) is 0 Å². The zero-order chi connectivity index (χ0) is 9.10. The minimum atomic E-state index is 0.730. The average Bonchev–Trinajstić information content (AvgIpc) is 2.05. The van der Waals surface area contributed by atoms with Crippen molar-refractivity contribution in [1.29, 1.82) is 0 Å². The summed E-state index contributed by atoms with van der Waals surface area (Å²) in [6.45, 7) is 0.881. The Bertz CT molecular complexity index is 284. The molecule has 1 N–H and O–H groups in total. The second kappa shape index (κ2) is 4.20. The quantitative estimate of drug-likeness (QED) is 0.879. The van der Waals surface area contributed by atoms with E-state index in [1.54, 1.807) is 0 Å². The third kappa shape index (κ3) is 2.29. The first-order valence-corrected chi connectivity index (χ1v) is 5.48. The third-order valence-corrected chi connectivity index (χ3v) is 3.22. The van der Waals surface area contributed by atoms with Crippen molar-refractivity contribution >= 4 is 15.9 Å². The van der Waals surface area contributed by atoms with Crippen LogP contribution in [0, 0.1) is 0 Å². The van der Waals surface area contributed by atoms with Gasteiger partial charge in [0.1, 0.15) is 0 Å². The second-order valence-electron chi connectivity index (χ2n) is 3.44. The molecule has 0 aromatic carbocycles. The first-order valence-electron chi connectivity index (χ1n) is 4.69. The summed E-state index contributed by atoms with van der Waals surface area (Å²) < 4.78 is 1.10. The van der Waals surface area contributed by atoms with Crippen LogP contribution in [0.25, 0.3) is 0 Å².